The summed E-state index contributed by atoms with van der Waals surface area (Å²) in [6, 6.07) is 9.38. The summed E-state index contributed by atoms with van der Waals surface area (Å²) in [6.45, 7) is 1.68. The van der Waals surface area contributed by atoms with Gasteiger partial charge in [-0.15, -0.1) is 0 Å². The molecule has 2 aromatic carbocycles. The third-order valence-electron chi connectivity index (χ3n) is 7.00. The second-order valence-corrected chi connectivity index (χ2v) is 9.25. The number of nitrogens with zero attached hydrogens (tertiary/aromatic N) is 1. The summed E-state index contributed by atoms with van der Waals surface area (Å²) in [5.41, 5.74) is 0.222. The van der Waals surface area contributed by atoms with Gasteiger partial charge >= 0.3 is 0 Å². The van der Waals surface area contributed by atoms with Crippen LogP contribution in [0.1, 0.15) is 18.1 Å². The van der Waals surface area contributed by atoms with Crippen LogP contribution in [0.2, 0.25) is 5.02 Å². The van der Waals surface area contributed by atoms with Crippen molar-refractivity contribution in [1.29, 1.82) is 0 Å². The van der Waals surface area contributed by atoms with Gasteiger partial charge in [-0.1, -0.05) is 17.7 Å². The molecule has 1 spiro atoms. The fourth-order valence-corrected chi connectivity index (χ4v) is 5.73. The van der Waals surface area contributed by atoms with E-state index in [2.05, 4.69) is 10.6 Å². The van der Waals surface area contributed by atoms with Crippen molar-refractivity contribution < 1.29 is 29.0 Å². The van der Waals surface area contributed by atoms with Crippen molar-refractivity contribution in [3.63, 3.8) is 0 Å². The van der Waals surface area contributed by atoms with Gasteiger partial charge in [0.15, 0.2) is 11.5 Å². The molecule has 3 N–H and O–H groups in total. The molecule has 0 aliphatic carbocycles. The first kappa shape index (κ1) is 20.5. The Kier molecular flexibility index (Phi) is 4.30. The Morgan fingerprint density at radius 1 is 1.15 bits per heavy atom. The average Bonchev–Trinajstić information content (AvgIpc) is 3.51. The van der Waals surface area contributed by atoms with Crippen molar-refractivity contribution in [3.8, 4) is 11.5 Å². The van der Waals surface area contributed by atoms with Crippen molar-refractivity contribution in [2.75, 3.05) is 12.1 Å². The molecule has 33 heavy (non-hydrogen) atoms. The molecule has 0 radical (unpaired) electrons. The van der Waals surface area contributed by atoms with Gasteiger partial charge < -0.3 is 19.9 Å². The standard InChI is InChI=1S/C23H20ClN3O6/c1-10(28)19-17-18(23(26-19)13-7-12(24)3-4-14(13)25-22(23)31)21(30)27(20(17)29)8-11-2-5-15-16(6-11)33-9-32-15/h2-7,10,17-19,26,28H,8-9H2,1H3,(H,25,31)/t10-,17-,18-,19-,23+/m0/s1. The fourth-order valence-electron chi connectivity index (χ4n) is 5.56. The number of rotatable bonds is 3. The minimum Gasteiger partial charge on any atom is -0.454 e. The van der Waals surface area contributed by atoms with Crippen LogP contribution in [0.15, 0.2) is 36.4 Å². The summed E-state index contributed by atoms with van der Waals surface area (Å²) in [5, 5.41) is 16.8. The number of imide groups is 1. The number of hydrogen-bond acceptors (Lipinski definition) is 7. The Hall–Kier alpha value is -3.14. The zero-order chi connectivity index (χ0) is 23.1. The Bertz CT molecular complexity index is 1230. The lowest BCUT2D eigenvalue weighted by Crippen LogP contribution is -2.54. The highest BCUT2D eigenvalue weighted by atomic mass is 35.5. The molecule has 6 rings (SSSR count). The number of anilines is 1. The molecule has 3 amide bonds. The van der Waals surface area contributed by atoms with Gasteiger partial charge in [-0.3, -0.25) is 24.6 Å². The molecule has 5 atom stereocenters. The Morgan fingerprint density at radius 2 is 1.94 bits per heavy atom. The molecule has 4 aliphatic heterocycles. The van der Waals surface area contributed by atoms with E-state index in [0.29, 0.717) is 33.3 Å². The van der Waals surface area contributed by atoms with Crippen molar-refractivity contribution in [2.24, 2.45) is 11.8 Å². The summed E-state index contributed by atoms with van der Waals surface area (Å²) >= 11 is 6.22. The van der Waals surface area contributed by atoms with Crippen LogP contribution >= 0.6 is 11.6 Å². The Labute approximate surface area is 193 Å². The van der Waals surface area contributed by atoms with Gasteiger partial charge in [0.2, 0.25) is 24.5 Å². The van der Waals surface area contributed by atoms with E-state index in [1.807, 2.05) is 0 Å². The first-order chi connectivity index (χ1) is 15.8. The molecule has 2 aromatic rings. The van der Waals surface area contributed by atoms with E-state index in [4.69, 9.17) is 21.1 Å². The molecule has 0 bridgehead atoms. The molecule has 170 valence electrons. The number of ether oxygens (including phenoxy) is 2. The maximum atomic E-state index is 13.7. The largest absolute Gasteiger partial charge is 0.454 e. The molecule has 0 unspecified atom stereocenters. The van der Waals surface area contributed by atoms with E-state index in [-0.39, 0.29) is 13.3 Å². The van der Waals surface area contributed by atoms with E-state index in [1.165, 1.54) is 11.8 Å². The van der Waals surface area contributed by atoms with E-state index < -0.39 is 47.2 Å². The Morgan fingerprint density at radius 3 is 2.73 bits per heavy atom. The summed E-state index contributed by atoms with van der Waals surface area (Å²) in [7, 11) is 0. The lowest BCUT2D eigenvalue weighted by Gasteiger charge is -2.30. The molecule has 0 aromatic heterocycles. The molecule has 4 heterocycles. The number of benzene rings is 2. The number of amides is 3. The molecule has 10 heteroatoms. The average molecular weight is 470 g/mol. The van der Waals surface area contributed by atoms with Crippen LogP contribution in [0.4, 0.5) is 5.69 Å². The van der Waals surface area contributed by atoms with Crippen LogP contribution in [0, 0.1) is 11.8 Å². The number of nitrogens with one attached hydrogen (secondary N) is 2. The third-order valence-corrected chi connectivity index (χ3v) is 7.24. The van der Waals surface area contributed by atoms with Gasteiger partial charge in [0.1, 0.15) is 5.54 Å². The number of hydrogen-bond donors (Lipinski definition) is 3. The van der Waals surface area contributed by atoms with E-state index in [1.54, 1.807) is 36.4 Å². The molecule has 9 nitrogen and oxygen atoms in total. The van der Waals surface area contributed by atoms with Gasteiger partial charge in [-0.05, 0) is 42.8 Å². The number of halogens is 1. The fraction of sp³-hybridized carbons (Fsp3) is 0.348. The molecule has 2 fully saturated rings. The van der Waals surface area contributed by atoms with Crippen molar-refractivity contribution in [3.05, 3.63) is 52.5 Å². The summed E-state index contributed by atoms with van der Waals surface area (Å²) in [5.74, 6) is -2.11. The number of aliphatic hydroxyl groups is 1. The van der Waals surface area contributed by atoms with Crippen LogP contribution in [0.5, 0.6) is 11.5 Å². The van der Waals surface area contributed by atoms with E-state index in [0.717, 1.165) is 0 Å². The molecule has 4 aliphatic rings. The maximum Gasteiger partial charge on any atom is 0.250 e. The number of fused-ring (bicyclic) bond motifs is 5. The topological polar surface area (TPSA) is 117 Å². The Balaban J connectivity index is 1.42. The summed E-state index contributed by atoms with van der Waals surface area (Å²) in [4.78, 5) is 41.7. The smallest absolute Gasteiger partial charge is 0.250 e. The van der Waals surface area contributed by atoms with Gasteiger partial charge in [0, 0.05) is 22.3 Å². The minimum absolute atomic E-state index is 0.0218. The van der Waals surface area contributed by atoms with Crippen molar-refractivity contribution >= 4 is 35.0 Å². The second kappa shape index (κ2) is 6.93. The molecule has 2 saturated heterocycles. The third kappa shape index (κ3) is 2.70. The maximum absolute atomic E-state index is 13.7. The molecular weight excluding hydrogens is 450 g/mol. The van der Waals surface area contributed by atoms with Gasteiger partial charge in [-0.2, -0.15) is 0 Å². The van der Waals surface area contributed by atoms with Crippen LogP contribution < -0.4 is 20.1 Å². The predicted molar refractivity (Wildman–Crippen MR) is 115 cm³/mol. The quantitative estimate of drug-likeness (QED) is 0.581. The highest BCUT2D eigenvalue weighted by Gasteiger charge is 2.71. The number of carbonyl (C=O) groups is 3. The highest BCUT2D eigenvalue weighted by Crippen LogP contribution is 2.54. The first-order valence-electron chi connectivity index (χ1n) is 10.6. The van der Waals surface area contributed by atoms with Crippen molar-refractivity contribution in [1.82, 2.24) is 10.2 Å². The van der Waals surface area contributed by atoms with Crippen LogP contribution in [0.3, 0.4) is 0 Å². The van der Waals surface area contributed by atoms with Crippen LogP contribution in [-0.2, 0) is 26.5 Å². The van der Waals surface area contributed by atoms with E-state index in [9.17, 15) is 19.5 Å². The normalized spacial score (nSPS) is 30.1. The summed E-state index contributed by atoms with van der Waals surface area (Å²) in [6.07, 6.45) is -0.977. The van der Waals surface area contributed by atoms with Gasteiger partial charge in [-0.25, -0.2) is 0 Å². The SMILES string of the molecule is C[C@H](O)[C@@H]1N[C@@]2(C(=O)Nc3ccc(Cl)cc32)[C@@H]2C(=O)N(Cc3ccc4c(c3)OCO4)C(=O)[C@H]12. The number of aliphatic hydroxyl groups excluding tert-OH is 1. The zero-order valence-electron chi connectivity index (χ0n) is 17.5. The van der Waals surface area contributed by atoms with Gasteiger partial charge in [0.05, 0.1) is 24.5 Å². The van der Waals surface area contributed by atoms with Crippen molar-refractivity contribution in [2.45, 2.75) is 31.2 Å². The lowest BCUT2D eigenvalue weighted by molar-refractivity contribution is -0.143. The molecular formula is C23H20ClN3O6. The van der Waals surface area contributed by atoms with Gasteiger partial charge in [0.25, 0.3) is 0 Å². The van der Waals surface area contributed by atoms with E-state index >= 15 is 0 Å². The molecule has 0 saturated carbocycles. The van der Waals surface area contributed by atoms with Crippen LogP contribution in [-0.4, -0.2) is 46.7 Å². The monoisotopic (exact) mass is 469 g/mol. The van der Waals surface area contributed by atoms with Crippen LogP contribution in [0.25, 0.3) is 0 Å². The lowest BCUT2D eigenvalue weighted by atomic mass is 9.76. The second-order valence-electron chi connectivity index (χ2n) is 8.82. The minimum atomic E-state index is -1.50. The number of carbonyl (C=O) groups excluding carboxylic acids is 3. The zero-order valence-corrected chi connectivity index (χ0v) is 18.3. The summed E-state index contributed by atoms with van der Waals surface area (Å²) < 4.78 is 10.7. The predicted octanol–water partition coefficient (Wildman–Crippen LogP) is 1.37. The highest BCUT2D eigenvalue weighted by molar-refractivity contribution is 6.31. The number of likely N-dealkylation sites (tertiary alicyclic amines) is 1. The first-order valence-corrected chi connectivity index (χ1v) is 11.0.